The summed E-state index contributed by atoms with van der Waals surface area (Å²) in [5.74, 6) is 0. The van der Waals surface area contributed by atoms with Gasteiger partial charge in [0, 0.05) is 6.20 Å². The first-order valence-corrected chi connectivity index (χ1v) is 5.13. The van der Waals surface area contributed by atoms with Crippen LogP contribution in [0.4, 0.5) is 0 Å². The molecule has 0 unspecified atom stereocenters. The van der Waals surface area contributed by atoms with Gasteiger partial charge >= 0.3 is 0 Å². The van der Waals surface area contributed by atoms with E-state index in [0.29, 0.717) is 11.0 Å². The lowest BCUT2D eigenvalue weighted by molar-refractivity contribution is 1.08. The van der Waals surface area contributed by atoms with Crippen LogP contribution >= 0.6 is 0 Å². The zero-order valence-electron chi connectivity index (χ0n) is 8.84. The van der Waals surface area contributed by atoms with Crippen LogP contribution in [0.5, 0.6) is 0 Å². The summed E-state index contributed by atoms with van der Waals surface area (Å²) < 4.78 is 1.57. The Bertz CT molecular complexity index is 744. The van der Waals surface area contributed by atoms with Gasteiger partial charge in [-0.15, -0.1) is 0 Å². The lowest BCUT2D eigenvalue weighted by Crippen LogP contribution is -2.14. The van der Waals surface area contributed by atoms with Gasteiger partial charge in [0.15, 0.2) is 0 Å². The zero-order chi connectivity index (χ0) is 11.1. The Kier molecular flexibility index (Phi) is 1.80. The van der Waals surface area contributed by atoms with Crippen molar-refractivity contribution >= 4 is 16.6 Å². The highest BCUT2D eigenvalue weighted by Crippen LogP contribution is 2.10. The quantitative estimate of drug-likeness (QED) is 0.533. The molecule has 0 bridgehead atoms. The van der Waals surface area contributed by atoms with E-state index in [9.17, 15) is 4.79 Å². The summed E-state index contributed by atoms with van der Waals surface area (Å²) in [5.41, 5.74) is 2.50. The van der Waals surface area contributed by atoms with Gasteiger partial charge in [-0.25, -0.2) is 4.98 Å². The minimum atomic E-state index is -0.00991. The average molecular weight is 210 g/mol. The number of pyridine rings is 1. The molecule has 0 saturated heterocycles. The fraction of sp³-hybridized carbons (Fsp3) is 0.0769. The molecule has 0 fully saturated rings. The van der Waals surface area contributed by atoms with Crippen molar-refractivity contribution in [3.8, 4) is 0 Å². The van der Waals surface area contributed by atoms with Crippen LogP contribution in [-0.4, -0.2) is 9.38 Å². The van der Waals surface area contributed by atoms with E-state index in [-0.39, 0.29) is 5.56 Å². The lowest BCUT2D eigenvalue weighted by Gasteiger charge is -2.02. The summed E-state index contributed by atoms with van der Waals surface area (Å²) in [6.45, 7) is 1.97. The summed E-state index contributed by atoms with van der Waals surface area (Å²) >= 11 is 0. The number of fused-ring (bicyclic) bond motifs is 2. The topological polar surface area (TPSA) is 34.4 Å². The van der Waals surface area contributed by atoms with E-state index in [0.717, 1.165) is 11.1 Å². The average Bonchev–Trinajstić information content (AvgIpc) is 2.31. The predicted octanol–water partition coefficient (Wildman–Crippen LogP) is 2.16. The molecule has 78 valence electrons. The first-order valence-electron chi connectivity index (χ1n) is 5.13. The molecule has 1 aromatic carbocycles. The predicted molar refractivity (Wildman–Crippen MR) is 63.7 cm³/mol. The number of rotatable bonds is 0. The highest BCUT2D eigenvalue weighted by atomic mass is 16.1. The molecule has 3 aromatic rings. The van der Waals surface area contributed by atoms with E-state index in [1.807, 2.05) is 43.3 Å². The Labute approximate surface area is 92.0 Å². The van der Waals surface area contributed by atoms with Gasteiger partial charge < -0.3 is 0 Å². The second-order valence-corrected chi connectivity index (χ2v) is 3.87. The number of nitrogens with zero attached hydrogens (tertiary/aromatic N) is 2. The van der Waals surface area contributed by atoms with Crippen molar-refractivity contribution in [2.24, 2.45) is 0 Å². The fourth-order valence-electron chi connectivity index (χ4n) is 1.87. The Morgan fingerprint density at radius 3 is 2.94 bits per heavy atom. The molecule has 0 aliphatic rings. The summed E-state index contributed by atoms with van der Waals surface area (Å²) in [6.07, 6.45) is 1.74. The van der Waals surface area contributed by atoms with Gasteiger partial charge in [0.05, 0.1) is 10.9 Å². The van der Waals surface area contributed by atoms with Gasteiger partial charge in [-0.3, -0.25) is 9.20 Å². The molecular formula is C13H10N2O. The molecule has 0 radical (unpaired) electrons. The van der Waals surface area contributed by atoms with E-state index in [4.69, 9.17) is 0 Å². The molecular weight excluding hydrogens is 200 g/mol. The lowest BCUT2D eigenvalue weighted by atomic mass is 10.2. The molecule has 3 rings (SSSR count). The third-order valence-corrected chi connectivity index (χ3v) is 2.67. The van der Waals surface area contributed by atoms with E-state index in [2.05, 4.69) is 4.98 Å². The first kappa shape index (κ1) is 9.09. The monoisotopic (exact) mass is 210 g/mol. The molecule has 0 atom stereocenters. The van der Waals surface area contributed by atoms with Crippen LogP contribution in [0.2, 0.25) is 0 Å². The Morgan fingerprint density at radius 1 is 1.19 bits per heavy atom. The largest absolute Gasteiger partial charge is 0.268 e. The number of hydrogen-bond acceptors (Lipinski definition) is 2. The van der Waals surface area contributed by atoms with Crippen molar-refractivity contribution in [2.75, 3.05) is 0 Å². The number of aromatic nitrogens is 2. The van der Waals surface area contributed by atoms with Crippen LogP contribution in [0.1, 0.15) is 5.56 Å². The second-order valence-electron chi connectivity index (χ2n) is 3.87. The summed E-state index contributed by atoms with van der Waals surface area (Å²) in [6, 6.07) is 11.3. The molecule has 3 nitrogen and oxygen atoms in total. The molecule has 2 heterocycles. The van der Waals surface area contributed by atoms with Gasteiger partial charge in [-0.2, -0.15) is 0 Å². The minimum absolute atomic E-state index is 0.00991. The molecule has 0 amide bonds. The maximum atomic E-state index is 12.2. The van der Waals surface area contributed by atoms with Crippen molar-refractivity contribution in [3.05, 3.63) is 58.5 Å². The zero-order valence-corrected chi connectivity index (χ0v) is 8.84. The first-order chi connectivity index (χ1) is 7.75. The normalized spacial score (nSPS) is 11.1. The molecule has 0 N–H and O–H groups in total. The van der Waals surface area contributed by atoms with Crippen LogP contribution in [-0.2, 0) is 0 Å². The van der Waals surface area contributed by atoms with E-state index >= 15 is 0 Å². The molecule has 2 aromatic heterocycles. The summed E-state index contributed by atoms with van der Waals surface area (Å²) in [7, 11) is 0. The van der Waals surface area contributed by atoms with Crippen LogP contribution < -0.4 is 5.56 Å². The second kappa shape index (κ2) is 3.17. The number of aryl methyl sites for hydroxylation is 1. The van der Waals surface area contributed by atoms with Crippen molar-refractivity contribution < 1.29 is 0 Å². The van der Waals surface area contributed by atoms with Crippen LogP contribution in [0, 0.1) is 6.92 Å². The maximum absolute atomic E-state index is 12.2. The van der Waals surface area contributed by atoms with E-state index < -0.39 is 0 Å². The molecule has 0 spiro atoms. The Balaban J connectivity index is 2.61. The summed E-state index contributed by atoms with van der Waals surface area (Å²) in [4.78, 5) is 16.6. The van der Waals surface area contributed by atoms with Crippen molar-refractivity contribution in [3.63, 3.8) is 0 Å². The van der Waals surface area contributed by atoms with Gasteiger partial charge in [0.1, 0.15) is 5.65 Å². The molecule has 16 heavy (non-hydrogen) atoms. The van der Waals surface area contributed by atoms with Crippen LogP contribution in [0.15, 0.2) is 47.4 Å². The van der Waals surface area contributed by atoms with Gasteiger partial charge in [0.2, 0.25) is 0 Å². The Hall–Kier alpha value is -2.16. The fourth-order valence-corrected chi connectivity index (χ4v) is 1.87. The van der Waals surface area contributed by atoms with Crippen molar-refractivity contribution in [1.82, 2.24) is 9.38 Å². The molecule has 3 heteroatoms. The number of benzene rings is 1. The standard InChI is InChI=1S/C13H10N2O/c1-9-5-6-11-10(8-9)13(16)15-7-3-2-4-12(15)14-11/h2-8H,1H3. The number of hydrogen-bond donors (Lipinski definition) is 0. The highest BCUT2D eigenvalue weighted by Gasteiger charge is 2.04. The van der Waals surface area contributed by atoms with Crippen LogP contribution in [0.25, 0.3) is 16.6 Å². The Morgan fingerprint density at radius 2 is 2.06 bits per heavy atom. The molecule has 0 aliphatic carbocycles. The van der Waals surface area contributed by atoms with E-state index in [1.165, 1.54) is 0 Å². The van der Waals surface area contributed by atoms with Gasteiger partial charge in [-0.05, 0) is 31.2 Å². The SMILES string of the molecule is Cc1ccc2nc3ccccn3c(=O)c2c1. The van der Waals surface area contributed by atoms with Crippen molar-refractivity contribution in [2.45, 2.75) is 6.92 Å². The third kappa shape index (κ3) is 1.21. The molecule has 0 saturated carbocycles. The smallest absolute Gasteiger partial charge is 0.265 e. The highest BCUT2D eigenvalue weighted by molar-refractivity contribution is 5.80. The minimum Gasteiger partial charge on any atom is -0.268 e. The van der Waals surface area contributed by atoms with Crippen molar-refractivity contribution in [1.29, 1.82) is 0 Å². The summed E-state index contributed by atoms with van der Waals surface area (Å²) in [5, 5.41) is 0.670. The van der Waals surface area contributed by atoms with E-state index in [1.54, 1.807) is 10.6 Å². The van der Waals surface area contributed by atoms with Crippen LogP contribution in [0.3, 0.4) is 0 Å². The van der Waals surface area contributed by atoms with Gasteiger partial charge in [0.25, 0.3) is 5.56 Å². The molecule has 0 aliphatic heterocycles. The maximum Gasteiger partial charge on any atom is 0.265 e. The third-order valence-electron chi connectivity index (χ3n) is 2.67. The van der Waals surface area contributed by atoms with Gasteiger partial charge in [-0.1, -0.05) is 17.7 Å².